The molecule has 2 unspecified atom stereocenters. The standard InChI is InChI=1S/C24H33BN2O5/c1-15(19-12-17-11-18(16(2)28)13-26-20(17)14-27-19)24(7)23(5,6)31-25(32-24)10-9-22(3,4)21(29)30-8/h9-16,28H,1-8H3/b10-9+/t15?,16-,24?/m1/s1. The van der Waals surface area contributed by atoms with Gasteiger partial charge in [-0.25, -0.2) is 0 Å². The van der Waals surface area contributed by atoms with Crippen LogP contribution in [0.4, 0.5) is 0 Å². The maximum absolute atomic E-state index is 12.0. The van der Waals surface area contributed by atoms with Gasteiger partial charge in [-0.3, -0.25) is 14.8 Å². The molecule has 32 heavy (non-hydrogen) atoms. The highest BCUT2D eigenvalue weighted by molar-refractivity contribution is 6.51. The first-order chi connectivity index (χ1) is 14.8. The van der Waals surface area contributed by atoms with Crippen LogP contribution < -0.4 is 0 Å². The van der Waals surface area contributed by atoms with Gasteiger partial charge in [0.25, 0.3) is 0 Å². The van der Waals surface area contributed by atoms with E-state index in [0.717, 1.165) is 22.2 Å². The monoisotopic (exact) mass is 440 g/mol. The molecule has 1 saturated heterocycles. The summed E-state index contributed by atoms with van der Waals surface area (Å²) in [4.78, 5) is 21.0. The zero-order valence-corrected chi connectivity index (χ0v) is 20.2. The van der Waals surface area contributed by atoms with Crippen LogP contribution in [-0.4, -0.2) is 46.5 Å². The van der Waals surface area contributed by atoms with Gasteiger partial charge >= 0.3 is 13.1 Å². The van der Waals surface area contributed by atoms with Gasteiger partial charge in [0.2, 0.25) is 0 Å². The van der Waals surface area contributed by atoms with Crippen molar-refractivity contribution >= 4 is 24.0 Å². The van der Waals surface area contributed by atoms with Crippen LogP contribution in [0, 0.1) is 5.41 Å². The third-order valence-electron chi connectivity index (χ3n) is 6.71. The van der Waals surface area contributed by atoms with Crippen LogP contribution in [-0.2, 0) is 18.8 Å². The quantitative estimate of drug-likeness (QED) is 0.533. The van der Waals surface area contributed by atoms with Crippen molar-refractivity contribution in [3.63, 3.8) is 0 Å². The van der Waals surface area contributed by atoms with E-state index in [4.69, 9.17) is 14.0 Å². The molecule has 1 fully saturated rings. The number of carbonyl (C=O) groups excluding carboxylic acids is 1. The molecule has 3 rings (SSSR count). The molecule has 8 heteroatoms. The minimum atomic E-state index is -0.787. The Labute approximate surface area is 190 Å². The van der Waals surface area contributed by atoms with Crippen molar-refractivity contribution in [1.82, 2.24) is 9.97 Å². The fourth-order valence-corrected chi connectivity index (χ4v) is 3.98. The van der Waals surface area contributed by atoms with Crippen molar-refractivity contribution in [2.24, 2.45) is 5.41 Å². The van der Waals surface area contributed by atoms with Crippen molar-refractivity contribution in [3.8, 4) is 0 Å². The molecule has 1 aliphatic rings. The van der Waals surface area contributed by atoms with Crippen LogP contribution in [0.3, 0.4) is 0 Å². The van der Waals surface area contributed by atoms with Crippen molar-refractivity contribution in [3.05, 3.63) is 47.8 Å². The minimum absolute atomic E-state index is 0.107. The number of rotatable bonds is 6. The zero-order valence-electron chi connectivity index (χ0n) is 20.2. The molecule has 0 aliphatic carbocycles. The summed E-state index contributed by atoms with van der Waals surface area (Å²) in [7, 11) is 0.767. The second-order valence-corrected chi connectivity index (χ2v) is 9.76. The Bertz CT molecular complexity index is 1040. The van der Waals surface area contributed by atoms with E-state index < -0.39 is 29.8 Å². The second kappa shape index (κ2) is 8.58. The molecule has 1 N–H and O–H groups in total. The highest BCUT2D eigenvalue weighted by Gasteiger charge is 2.56. The SMILES string of the molecule is COC(=O)C(C)(C)/C=C/B1OC(C)(C)C(C)(C(C)c2cc3cc([C@@H](C)O)cnc3cn2)O1. The molecule has 3 heterocycles. The van der Waals surface area contributed by atoms with Crippen molar-refractivity contribution in [2.45, 2.75) is 71.7 Å². The maximum atomic E-state index is 12.0. The number of nitrogens with zero attached hydrogens (tertiary/aromatic N) is 2. The van der Waals surface area contributed by atoms with Crippen LogP contribution in [0.25, 0.3) is 10.9 Å². The average molecular weight is 440 g/mol. The smallest absolute Gasteiger partial charge is 0.468 e. The first-order valence-corrected chi connectivity index (χ1v) is 10.9. The number of pyridine rings is 2. The summed E-state index contributed by atoms with van der Waals surface area (Å²) in [6, 6.07) is 3.93. The third-order valence-corrected chi connectivity index (χ3v) is 6.71. The number of aliphatic hydroxyl groups excluding tert-OH is 1. The lowest BCUT2D eigenvalue weighted by Gasteiger charge is -2.41. The number of esters is 1. The maximum Gasteiger partial charge on any atom is 0.486 e. The molecule has 7 nitrogen and oxygen atoms in total. The van der Waals surface area contributed by atoms with Crippen LogP contribution in [0.5, 0.6) is 0 Å². The first kappa shape index (κ1) is 24.4. The number of hydrogen-bond donors (Lipinski definition) is 1. The number of ether oxygens (including phenoxy) is 1. The molecule has 1 aliphatic heterocycles. The largest absolute Gasteiger partial charge is 0.486 e. The lowest BCUT2D eigenvalue weighted by Crippen LogP contribution is -2.48. The predicted octanol–water partition coefficient (Wildman–Crippen LogP) is 4.15. The van der Waals surface area contributed by atoms with E-state index in [0.29, 0.717) is 0 Å². The highest BCUT2D eigenvalue weighted by Crippen LogP contribution is 2.46. The van der Waals surface area contributed by atoms with E-state index in [1.807, 2.05) is 32.9 Å². The van der Waals surface area contributed by atoms with Gasteiger partial charge in [0.15, 0.2) is 0 Å². The molecule has 0 spiro atoms. The Morgan fingerprint density at radius 1 is 1.19 bits per heavy atom. The van der Waals surface area contributed by atoms with Crippen LogP contribution in [0.2, 0.25) is 0 Å². The van der Waals surface area contributed by atoms with Crippen LogP contribution in [0.15, 0.2) is 36.6 Å². The second-order valence-electron chi connectivity index (χ2n) is 9.76. The van der Waals surface area contributed by atoms with E-state index in [1.165, 1.54) is 7.11 Å². The molecule has 0 amide bonds. The Balaban J connectivity index is 1.89. The molecule has 0 bridgehead atoms. The van der Waals surface area contributed by atoms with Gasteiger partial charge in [0.05, 0.1) is 41.5 Å². The number of aromatic nitrogens is 2. The Kier molecular flexibility index (Phi) is 6.53. The molecule has 172 valence electrons. The topological polar surface area (TPSA) is 90.8 Å². The number of aliphatic hydroxyl groups is 1. The van der Waals surface area contributed by atoms with Gasteiger partial charge in [-0.15, -0.1) is 0 Å². The zero-order chi connectivity index (χ0) is 23.9. The third kappa shape index (κ3) is 4.44. The Morgan fingerprint density at radius 3 is 2.50 bits per heavy atom. The summed E-state index contributed by atoms with van der Waals surface area (Å²) in [6.45, 7) is 13.4. The van der Waals surface area contributed by atoms with Crippen LogP contribution >= 0.6 is 0 Å². The number of fused-ring (bicyclic) bond motifs is 1. The Morgan fingerprint density at radius 2 is 1.88 bits per heavy atom. The van der Waals surface area contributed by atoms with Gasteiger partial charge in [-0.05, 0) is 59.2 Å². The van der Waals surface area contributed by atoms with Gasteiger partial charge in [-0.1, -0.05) is 19.0 Å². The van der Waals surface area contributed by atoms with Crippen LogP contribution in [0.1, 0.15) is 71.7 Å². The lowest BCUT2D eigenvalue weighted by atomic mass is 9.76. The first-order valence-electron chi connectivity index (χ1n) is 10.9. The molecule has 0 radical (unpaired) electrons. The van der Waals surface area contributed by atoms with E-state index in [-0.39, 0.29) is 11.9 Å². The summed E-state index contributed by atoms with van der Waals surface area (Å²) >= 11 is 0. The summed E-state index contributed by atoms with van der Waals surface area (Å²) in [5.41, 5.74) is 0.281. The number of carbonyl (C=O) groups is 1. The number of methoxy groups -OCH3 is 1. The van der Waals surface area contributed by atoms with Gasteiger partial charge < -0.3 is 19.2 Å². The molecule has 2 aromatic heterocycles. The summed E-state index contributed by atoms with van der Waals surface area (Å²) in [6.07, 6.45) is 4.58. The minimum Gasteiger partial charge on any atom is -0.468 e. The van der Waals surface area contributed by atoms with Crippen molar-refractivity contribution in [2.75, 3.05) is 7.11 Å². The molecule has 0 saturated carbocycles. The highest BCUT2D eigenvalue weighted by atomic mass is 16.7. The number of hydrogen-bond acceptors (Lipinski definition) is 7. The van der Waals surface area contributed by atoms with Gasteiger partial charge in [0, 0.05) is 23.2 Å². The Hall–Kier alpha value is -2.29. The molecule has 0 aromatic carbocycles. The normalized spacial score (nSPS) is 23.0. The molecular formula is C24H33BN2O5. The van der Waals surface area contributed by atoms with Crippen molar-refractivity contribution < 1.29 is 23.9 Å². The summed E-state index contributed by atoms with van der Waals surface area (Å²) in [5.74, 6) is 1.33. The lowest BCUT2D eigenvalue weighted by molar-refractivity contribution is -0.148. The molecule has 2 aromatic rings. The average Bonchev–Trinajstić information content (AvgIpc) is 2.99. The fraction of sp³-hybridized carbons (Fsp3) is 0.542. The molecular weight excluding hydrogens is 407 g/mol. The van der Waals surface area contributed by atoms with E-state index in [9.17, 15) is 9.90 Å². The summed E-state index contributed by atoms with van der Waals surface area (Å²) in [5, 5.41) is 10.8. The molecule has 3 atom stereocenters. The van der Waals surface area contributed by atoms with E-state index in [1.54, 1.807) is 45.2 Å². The predicted molar refractivity (Wildman–Crippen MR) is 124 cm³/mol. The van der Waals surface area contributed by atoms with Gasteiger partial charge in [-0.2, -0.15) is 0 Å². The van der Waals surface area contributed by atoms with Gasteiger partial charge in [0.1, 0.15) is 0 Å². The fourth-order valence-electron chi connectivity index (χ4n) is 3.98. The van der Waals surface area contributed by atoms with E-state index >= 15 is 0 Å². The van der Waals surface area contributed by atoms with E-state index in [2.05, 4.69) is 16.9 Å². The summed E-state index contributed by atoms with van der Waals surface area (Å²) < 4.78 is 17.5. The van der Waals surface area contributed by atoms with Crippen molar-refractivity contribution in [1.29, 1.82) is 0 Å².